The van der Waals surface area contributed by atoms with Crippen molar-refractivity contribution in [1.82, 2.24) is 9.88 Å². The number of rotatable bonds is 6. The molecule has 8 heteroatoms. The summed E-state index contributed by atoms with van der Waals surface area (Å²) < 4.78 is 0.928. The molecular formula is C19H26N4O4. The fourth-order valence-electron chi connectivity index (χ4n) is 3.65. The number of nitrogens with zero attached hydrogens (tertiary/aromatic N) is 3. The first-order valence-corrected chi connectivity index (χ1v) is 9.26. The molecular weight excluding hydrogens is 348 g/mol. The minimum absolute atomic E-state index is 0.0474. The molecule has 1 aliphatic carbocycles. The highest BCUT2D eigenvalue weighted by atomic mass is 16.6. The second-order valence-corrected chi connectivity index (χ2v) is 7.87. The van der Waals surface area contributed by atoms with Crippen LogP contribution in [0.3, 0.4) is 0 Å². The maximum Gasteiger partial charge on any atom is 0.287 e. The van der Waals surface area contributed by atoms with Gasteiger partial charge in [0, 0.05) is 12.1 Å². The summed E-state index contributed by atoms with van der Waals surface area (Å²) in [5.41, 5.74) is -1.15. The van der Waals surface area contributed by atoms with E-state index in [4.69, 9.17) is 5.26 Å². The fourth-order valence-corrected chi connectivity index (χ4v) is 3.65. The number of nitrogens with one attached hydrogen (secondary N) is 1. The first-order valence-electron chi connectivity index (χ1n) is 9.26. The number of nitro groups is 1. The van der Waals surface area contributed by atoms with Crippen molar-refractivity contribution in [1.29, 1.82) is 5.26 Å². The smallest absolute Gasteiger partial charge is 0.287 e. The molecule has 1 saturated carbocycles. The molecule has 1 fully saturated rings. The molecule has 0 aromatic carbocycles. The van der Waals surface area contributed by atoms with E-state index < -0.39 is 10.5 Å². The highest BCUT2D eigenvalue weighted by Crippen LogP contribution is 2.40. The molecule has 1 aromatic rings. The SMILES string of the molecule is CCC(C)(C)C1CCC(NC(=O)Cn2cc([N+](=O)[O-])cc(C#N)c2=O)CC1. The molecule has 0 spiro atoms. The first-order chi connectivity index (χ1) is 12.7. The van der Waals surface area contributed by atoms with Gasteiger partial charge in [-0.25, -0.2) is 0 Å². The Kier molecular flexibility index (Phi) is 6.37. The summed E-state index contributed by atoms with van der Waals surface area (Å²) in [6.45, 7) is 6.41. The van der Waals surface area contributed by atoms with E-state index in [0.29, 0.717) is 11.3 Å². The second-order valence-electron chi connectivity index (χ2n) is 7.87. The lowest BCUT2D eigenvalue weighted by atomic mass is 9.69. The highest BCUT2D eigenvalue weighted by molar-refractivity contribution is 5.76. The molecule has 2 rings (SSSR count). The van der Waals surface area contributed by atoms with E-state index in [0.717, 1.165) is 48.9 Å². The minimum Gasteiger partial charge on any atom is -0.352 e. The monoisotopic (exact) mass is 374 g/mol. The molecule has 146 valence electrons. The Hall–Kier alpha value is -2.69. The molecule has 0 bridgehead atoms. The van der Waals surface area contributed by atoms with E-state index in [1.165, 1.54) is 0 Å². The highest BCUT2D eigenvalue weighted by Gasteiger charge is 2.32. The molecule has 8 nitrogen and oxygen atoms in total. The van der Waals surface area contributed by atoms with Gasteiger partial charge in [0.25, 0.3) is 11.2 Å². The Morgan fingerprint density at radius 3 is 2.56 bits per heavy atom. The predicted molar refractivity (Wildman–Crippen MR) is 100 cm³/mol. The lowest BCUT2D eigenvalue weighted by Gasteiger charge is -2.39. The minimum atomic E-state index is -0.702. The molecule has 27 heavy (non-hydrogen) atoms. The Balaban J connectivity index is 2.01. The van der Waals surface area contributed by atoms with E-state index in [-0.39, 0.29) is 29.7 Å². The normalized spacial score (nSPS) is 19.9. The average Bonchev–Trinajstić information content (AvgIpc) is 2.63. The number of hydrogen-bond acceptors (Lipinski definition) is 5. The van der Waals surface area contributed by atoms with Crippen molar-refractivity contribution in [2.75, 3.05) is 0 Å². The van der Waals surface area contributed by atoms with Gasteiger partial charge in [-0.2, -0.15) is 5.26 Å². The summed E-state index contributed by atoms with van der Waals surface area (Å²) in [5.74, 6) is 0.257. The van der Waals surface area contributed by atoms with Crippen LogP contribution in [0.25, 0.3) is 0 Å². The van der Waals surface area contributed by atoms with Crippen molar-refractivity contribution in [3.05, 3.63) is 38.3 Å². The maximum atomic E-state index is 12.3. The van der Waals surface area contributed by atoms with Crippen molar-refractivity contribution in [2.45, 2.75) is 65.5 Å². The van der Waals surface area contributed by atoms with Crippen LogP contribution in [0, 0.1) is 32.8 Å². The van der Waals surface area contributed by atoms with E-state index in [2.05, 4.69) is 26.1 Å². The Bertz CT molecular complexity index is 814. The van der Waals surface area contributed by atoms with Gasteiger partial charge in [-0.1, -0.05) is 27.2 Å². The molecule has 0 saturated heterocycles. The van der Waals surface area contributed by atoms with Crippen LogP contribution in [0.4, 0.5) is 5.69 Å². The predicted octanol–water partition coefficient (Wildman–Crippen LogP) is 2.74. The number of aromatic nitrogens is 1. The molecule has 1 aliphatic rings. The number of carbonyl (C=O) groups is 1. The summed E-state index contributed by atoms with van der Waals surface area (Å²) in [4.78, 5) is 34.7. The Labute approximate surface area is 158 Å². The zero-order valence-electron chi connectivity index (χ0n) is 16.0. The van der Waals surface area contributed by atoms with E-state index in [1.54, 1.807) is 6.07 Å². The van der Waals surface area contributed by atoms with Gasteiger partial charge in [-0.15, -0.1) is 0 Å². The van der Waals surface area contributed by atoms with Crippen LogP contribution in [0.2, 0.25) is 0 Å². The summed E-state index contributed by atoms with van der Waals surface area (Å²) in [7, 11) is 0. The van der Waals surface area contributed by atoms with Gasteiger partial charge in [0.15, 0.2) is 0 Å². The Morgan fingerprint density at radius 1 is 1.41 bits per heavy atom. The number of hydrogen-bond donors (Lipinski definition) is 1. The van der Waals surface area contributed by atoms with E-state index in [1.807, 2.05) is 0 Å². The fraction of sp³-hybridized carbons (Fsp3) is 0.632. The van der Waals surface area contributed by atoms with Gasteiger partial charge in [0.05, 0.1) is 11.1 Å². The molecule has 0 unspecified atom stereocenters. The quantitative estimate of drug-likeness (QED) is 0.607. The van der Waals surface area contributed by atoms with Crippen LogP contribution in [-0.4, -0.2) is 21.4 Å². The van der Waals surface area contributed by atoms with Crippen LogP contribution in [0.5, 0.6) is 0 Å². The van der Waals surface area contributed by atoms with Crippen molar-refractivity contribution in [2.24, 2.45) is 11.3 Å². The lowest BCUT2D eigenvalue weighted by Crippen LogP contribution is -2.42. The molecule has 1 amide bonds. The standard InChI is InChI=1S/C19H26N4O4/c1-4-19(2,3)14-5-7-15(8-6-14)21-17(24)12-22-11-16(23(26)27)9-13(10-20)18(22)25/h9,11,14-15H,4-8,12H2,1-3H3,(H,21,24). The summed E-state index contributed by atoms with van der Waals surface area (Å²) >= 11 is 0. The zero-order valence-corrected chi connectivity index (χ0v) is 16.0. The lowest BCUT2D eigenvalue weighted by molar-refractivity contribution is -0.385. The summed E-state index contributed by atoms with van der Waals surface area (Å²) in [6, 6.07) is 2.61. The van der Waals surface area contributed by atoms with Gasteiger partial charge in [-0.3, -0.25) is 24.3 Å². The molecule has 0 aliphatic heterocycles. The number of carbonyl (C=O) groups excluding carboxylic acids is 1. The van der Waals surface area contributed by atoms with E-state index in [9.17, 15) is 19.7 Å². The van der Waals surface area contributed by atoms with Gasteiger partial charge in [0.1, 0.15) is 18.2 Å². The molecule has 0 atom stereocenters. The second kappa shape index (κ2) is 8.33. The number of amides is 1. The summed E-state index contributed by atoms with van der Waals surface area (Å²) in [5, 5.41) is 22.8. The van der Waals surface area contributed by atoms with Gasteiger partial charge < -0.3 is 5.32 Å². The zero-order chi connectivity index (χ0) is 20.2. The third kappa shape index (κ3) is 4.94. The molecule has 1 heterocycles. The van der Waals surface area contributed by atoms with Crippen LogP contribution in [0.15, 0.2) is 17.1 Å². The third-order valence-electron chi connectivity index (χ3n) is 5.83. The number of nitriles is 1. The van der Waals surface area contributed by atoms with Crippen molar-refractivity contribution < 1.29 is 9.72 Å². The van der Waals surface area contributed by atoms with Gasteiger partial charge >= 0.3 is 0 Å². The average molecular weight is 374 g/mol. The van der Waals surface area contributed by atoms with E-state index >= 15 is 0 Å². The van der Waals surface area contributed by atoms with Crippen molar-refractivity contribution in [3.63, 3.8) is 0 Å². The van der Waals surface area contributed by atoms with Crippen molar-refractivity contribution >= 4 is 11.6 Å². The first kappa shape index (κ1) is 20.6. The molecule has 1 aromatic heterocycles. The van der Waals surface area contributed by atoms with Crippen LogP contribution >= 0.6 is 0 Å². The van der Waals surface area contributed by atoms with Crippen LogP contribution in [0.1, 0.15) is 58.4 Å². The van der Waals surface area contributed by atoms with Crippen LogP contribution in [-0.2, 0) is 11.3 Å². The number of pyridine rings is 1. The maximum absolute atomic E-state index is 12.3. The van der Waals surface area contributed by atoms with Gasteiger partial charge in [0.2, 0.25) is 5.91 Å². The van der Waals surface area contributed by atoms with Crippen LogP contribution < -0.4 is 10.9 Å². The third-order valence-corrected chi connectivity index (χ3v) is 5.83. The molecule has 1 N–H and O–H groups in total. The largest absolute Gasteiger partial charge is 0.352 e. The topological polar surface area (TPSA) is 118 Å². The summed E-state index contributed by atoms with van der Waals surface area (Å²) in [6.07, 6.45) is 5.97. The van der Waals surface area contributed by atoms with Gasteiger partial charge in [-0.05, 0) is 37.0 Å². The van der Waals surface area contributed by atoms with Crippen molar-refractivity contribution in [3.8, 4) is 6.07 Å². The molecule has 0 radical (unpaired) electrons. The Morgan fingerprint density at radius 2 is 2.04 bits per heavy atom.